The van der Waals surface area contributed by atoms with Crippen molar-refractivity contribution in [3.05, 3.63) is 29.8 Å². The first-order chi connectivity index (χ1) is 12.6. The highest BCUT2D eigenvalue weighted by Crippen LogP contribution is 2.64. The number of para-hydroxylation sites is 1. The smallest absolute Gasteiger partial charge is 0.305 e. The zero-order chi connectivity index (χ0) is 19.9. The lowest BCUT2D eigenvalue weighted by molar-refractivity contribution is -0.144. The molecule has 1 aromatic carbocycles. The molecule has 0 radical (unpaired) electrons. The van der Waals surface area contributed by atoms with E-state index in [4.69, 9.17) is 4.74 Å². The molecule has 0 aromatic heterocycles. The number of anilines is 1. The van der Waals surface area contributed by atoms with Crippen molar-refractivity contribution >= 4 is 27.5 Å². The Morgan fingerprint density at radius 3 is 2.59 bits per heavy atom. The molecular formula is C20H27NO5S. The molecule has 2 atom stereocenters. The summed E-state index contributed by atoms with van der Waals surface area (Å²) in [7, 11) is -3.74. The summed E-state index contributed by atoms with van der Waals surface area (Å²) >= 11 is 0. The predicted molar refractivity (Wildman–Crippen MR) is 103 cm³/mol. The summed E-state index contributed by atoms with van der Waals surface area (Å²) in [6, 6.07) is 6.84. The van der Waals surface area contributed by atoms with E-state index in [1.54, 1.807) is 31.2 Å². The number of ketones is 1. The van der Waals surface area contributed by atoms with Crippen LogP contribution in [0.2, 0.25) is 0 Å². The van der Waals surface area contributed by atoms with Gasteiger partial charge in [0.1, 0.15) is 12.4 Å². The Balaban J connectivity index is 1.80. The standard InChI is InChI=1S/C20H27NO5S/c1-4-18(23)26-12-14-7-5-6-8-16(14)21-27(24,25)13-20-10-9-15(11-17(20)22)19(20,2)3/h5-8,15,21H,4,9-13H2,1-3H3. The van der Waals surface area contributed by atoms with Gasteiger partial charge in [-0.15, -0.1) is 0 Å². The van der Waals surface area contributed by atoms with Crippen molar-refractivity contribution in [1.82, 2.24) is 0 Å². The fourth-order valence-corrected chi connectivity index (χ4v) is 6.57. The highest BCUT2D eigenvalue weighted by molar-refractivity contribution is 7.92. The minimum Gasteiger partial charge on any atom is -0.461 e. The SMILES string of the molecule is CCC(=O)OCc1ccccc1NS(=O)(=O)CC12CCC(CC1=O)C2(C)C. The Bertz CT molecular complexity index is 861. The number of nitrogens with one attached hydrogen (secondary N) is 1. The molecule has 0 amide bonds. The molecule has 0 spiro atoms. The van der Waals surface area contributed by atoms with Gasteiger partial charge in [-0.05, 0) is 30.2 Å². The Kier molecular flexibility index (Phi) is 5.10. The van der Waals surface area contributed by atoms with E-state index in [-0.39, 0.29) is 41.9 Å². The first-order valence-corrected chi connectivity index (χ1v) is 11.0. The maximum atomic E-state index is 12.9. The summed E-state index contributed by atoms with van der Waals surface area (Å²) in [5.41, 5.74) is -0.153. The van der Waals surface area contributed by atoms with Gasteiger partial charge >= 0.3 is 5.97 Å². The van der Waals surface area contributed by atoms with Gasteiger partial charge < -0.3 is 4.74 Å². The second-order valence-electron chi connectivity index (χ2n) is 8.20. The predicted octanol–water partition coefficient (Wildman–Crippen LogP) is 3.28. The second kappa shape index (κ2) is 6.93. The lowest BCUT2D eigenvalue weighted by Crippen LogP contribution is -2.43. The molecule has 1 N–H and O–H groups in total. The van der Waals surface area contributed by atoms with Gasteiger partial charge in [-0.25, -0.2) is 8.42 Å². The summed E-state index contributed by atoms with van der Waals surface area (Å²) in [6.45, 7) is 5.74. The number of benzene rings is 1. The zero-order valence-electron chi connectivity index (χ0n) is 16.1. The molecule has 2 fully saturated rings. The van der Waals surface area contributed by atoms with E-state index in [1.165, 1.54) is 0 Å². The molecule has 2 aliphatic rings. The molecule has 1 aromatic rings. The molecule has 0 saturated heterocycles. The van der Waals surface area contributed by atoms with Gasteiger partial charge in [-0.2, -0.15) is 0 Å². The van der Waals surface area contributed by atoms with Crippen LogP contribution in [0.3, 0.4) is 0 Å². The fourth-order valence-electron chi connectivity index (χ4n) is 4.64. The van der Waals surface area contributed by atoms with Crippen LogP contribution in [0.15, 0.2) is 24.3 Å². The molecule has 3 rings (SSSR count). The molecule has 6 nitrogen and oxygen atoms in total. The van der Waals surface area contributed by atoms with Gasteiger partial charge in [0.2, 0.25) is 10.0 Å². The molecule has 2 aliphatic carbocycles. The molecule has 2 unspecified atom stereocenters. The Labute approximate surface area is 160 Å². The lowest BCUT2D eigenvalue weighted by atomic mass is 9.70. The molecular weight excluding hydrogens is 366 g/mol. The first-order valence-electron chi connectivity index (χ1n) is 9.38. The van der Waals surface area contributed by atoms with Gasteiger partial charge in [0.15, 0.2) is 0 Å². The first kappa shape index (κ1) is 19.9. The van der Waals surface area contributed by atoms with Crippen LogP contribution in [0.1, 0.15) is 52.0 Å². The average molecular weight is 394 g/mol. The van der Waals surface area contributed by atoms with Crippen LogP contribution in [0.25, 0.3) is 0 Å². The maximum Gasteiger partial charge on any atom is 0.305 e. The molecule has 0 heterocycles. The van der Waals surface area contributed by atoms with E-state index in [9.17, 15) is 18.0 Å². The van der Waals surface area contributed by atoms with E-state index in [0.717, 1.165) is 6.42 Å². The third kappa shape index (κ3) is 3.49. The highest BCUT2D eigenvalue weighted by Gasteiger charge is 2.65. The zero-order valence-corrected chi connectivity index (χ0v) is 16.9. The normalized spacial score (nSPS) is 26.2. The van der Waals surface area contributed by atoms with Crippen molar-refractivity contribution < 1.29 is 22.7 Å². The lowest BCUT2D eigenvalue weighted by Gasteiger charge is -2.36. The topological polar surface area (TPSA) is 89.5 Å². The average Bonchev–Trinajstić information content (AvgIpc) is 2.94. The van der Waals surface area contributed by atoms with Crippen molar-refractivity contribution in [3.63, 3.8) is 0 Å². The summed E-state index contributed by atoms with van der Waals surface area (Å²) in [5.74, 6) is -0.215. The highest BCUT2D eigenvalue weighted by atomic mass is 32.2. The van der Waals surface area contributed by atoms with Crippen LogP contribution >= 0.6 is 0 Å². The van der Waals surface area contributed by atoms with Gasteiger partial charge in [-0.1, -0.05) is 39.0 Å². The summed E-state index contributed by atoms with van der Waals surface area (Å²) < 4.78 is 33.7. The Hall–Kier alpha value is -1.89. The number of carbonyl (C=O) groups excluding carboxylic acids is 2. The second-order valence-corrected chi connectivity index (χ2v) is 9.92. The quantitative estimate of drug-likeness (QED) is 0.718. The van der Waals surface area contributed by atoms with Crippen molar-refractivity contribution in [2.24, 2.45) is 16.7 Å². The molecule has 27 heavy (non-hydrogen) atoms. The molecule has 7 heteroatoms. The Morgan fingerprint density at radius 2 is 2.00 bits per heavy atom. The monoisotopic (exact) mass is 393 g/mol. The maximum absolute atomic E-state index is 12.9. The summed E-state index contributed by atoms with van der Waals surface area (Å²) in [5, 5.41) is 0. The van der Waals surface area contributed by atoms with E-state index in [2.05, 4.69) is 4.72 Å². The van der Waals surface area contributed by atoms with Crippen molar-refractivity contribution in [2.75, 3.05) is 10.5 Å². The van der Waals surface area contributed by atoms with Gasteiger partial charge in [-0.3, -0.25) is 14.3 Å². The fraction of sp³-hybridized carbons (Fsp3) is 0.600. The number of Topliss-reactive ketones (excluding diaryl/α,β-unsaturated/α-hetero) is 1. The minimum atomic E-state index is -3.74. The molecule has 2 bridgehead atoms. The number of esters is 1. The van der Waals surface area contributed by atoms with Gasteiger partial charge in [0.25, 0.3) is 0 Å². The van der Waals surface area contributed by atoms with E-state index in [0.29, 0.717) is 24.1 Å². The van der Waals surface area contributed by atoms with Crippen LogP contribution < -0.4 is 4.72 Å². The number of hydrogen-bond acceptors (Lipinski definition) is 5. The van der Waals surface area contributed by atoms with Crippen molar-refractivity contribution in [2.45, 2.75) is 53.1 Å². The summed E-state index contributed by atoms with van der Waals surface area (Å²) in [6.07, 6.45) is 2.26. The third-order valence-electron chi connectivity index (χ3n) is 6.54. The molecule has 148 valence electrons. The van der Waals surface area contributed by atoms with Crippen LogP contribution in [-0.2, 0) is 31.0 Å². The van der Waals surface area contributed by atoms with E-state index in [1.807, 2.05) is 13.8 Å². The van der Waals surface area contributed by atoms with Crippen LogP contribution in [-0.4, -0.2) is 25.9 Å². The van der Waals surface area contributed by atoms with Gasteiger partial charge in [0, 0.05) is 18.4 Å². The minimum absolute atomic E-state index is 0.00298. The number of ether oxygens (including phenoxy) is 1. The van der Waals surface area contributed by atoms with E-state index < -0.39 is 15.4 Å². The number of rotatable bonds is 7. The number of sulfonamides is 1. The van der Waals surface area contributed by atoms with Crippen molar-refractivity contribution in [3.8, 4) is 0 Å². The van der Waals surface area contributed by atoms with Crippen LogP contribution in [0.5, 0.6) is 0 Å². The molecule has 2 saturated carbocycles. The van der Waals surface area contributed by atoms with Crippen LogP contribution in [0, 0.1) is 16.7 Å². The third-order valence-corrected chi connectivity index (χ3v) is 7.94. The Morgan fingerprint density at radius 1 is 1.30 bits per heavy atom. The molecule has 0 aliphatic heterocycles. The number of fused-ring (bicyclic) bond motifs is 2. The summed E-state index contributed by atoms with van der Waals surface area (Å²) in [4.78, 5) is 24.0. The van der Waals surface area contributed by atoms with E-state index >= 15 is 0 Å². The van der Waals surface area contributed by atoms with Crippen molar-refractivity contribution in [1.29, 1.82) is 0 Å². The number of hydrogen-bond donors (Lipinski definition) is 1. The van der Waals surface area contributed by atoms with Crippen LogP contribution in [0.4, 0.5) is 5.69 Å². The van der Waals surface area contributed by atoms with Gasteiger partial charge in [0.05, 0.1) is 16.9 Å². The largest absolute Gasteiger partial charge is 0.461 e. The number of carbonyl (C=O) groups is 2.